The van der Waals surface area contributed by atoms with E-state index in [2.05, 4.69) is 16.5 Å². The molecule has 0 amide bonds. The third-order valence-electron chi connectivity index (χ3n) is 0.713. The van der Waals surface area contributed by atoms with Crippen LogP contribution in [0, 0.1) is 0 Å². The summed E-state index contributed by atoms with van der Waals surface area (Å²) >= 11 is 0. The van der Waals surface area contributed by atoms with Gasteiger partial charge in [0.15, 0.2) is 0 Å². The Morgan fingerprint density at radius 2 is 2.33 bits per heavy atom. The number of aromatic nitrogens is 2. The summed E-state index contributed by atoms with van der Waals surface area (Å²) in [7, 11) is 0. The van der Waals surface area contributed by atoms with Crippen molar-refractivity contribution < 1.29 is 39.5 Å². The number of carboxylic acids is 1. The topological polar surface area (TPSA) is 68.8 Å². The van der Waals surface area contributed by atoms with Crippen molar-refractivity contribution in [3.63, 3.8) is 0 Å². The number of carbonyl (C=O) groups is 1. The molecule has 0 aliphatic rings. The Morgan fingerprint density at radius 1 is 1.83 bits per heavy atom. The largest absolute Gasteiger partial charge is 1.00 e. The summed E-state index contributed by atoms with van der Waals surface area (Å²) in [6, 6.07) is 0. The van der Waals surface area contributed by atoms with Gasteiger partial charge in [0.05, 0.1) is 0 Å². The summed E-state index contributed by atoms with van der Waals surface area (Å²) in [6.45, 7) is 4.48. The standard InChI is InChI=1S/C5H6N2.C2H4O2.Na/c1-2-5-6-3-4-7-5;1-2(3)4;/h2-4H,1H2,(H,6,7);1H3,(H,3,4);/q;;+1/p-1. The van der Waals surface area contributed by atoms with Gasteiger partial charge in [0, 0.05) is 18.4 Å². The van der Waals surface area contributed by atoms with E-state index in [1.165, 1.54) is 0 Å². The second-order valence-electron chi connectivity index (χ2n) is 1.67. The van der Waals surface area contributed by atoms with Crippen LogP contribution in [0.3, 0.4) is 0 Å². The summed E-state index contributed by atoms with van der Waals surface area (Å²) in [5.41, 5.74) is 0. The van der Waals surface area contributed by atoms with Gasteiger partial charge in [-0.05, 0) is 13.0 Å². The second kappa shape index (κ2) is 8.52. The van der Waals surface area contributed by atoms with Gasteiger partial charge < -0.3 is 14.9 Å². The van der Waals surface area contributed by atoms with Crippen molar-refractivity contribution in [3.8, 4) is 0 Å². The molecule has 1 aromatic rings. The molecule has 1 aromatic heterocycles. The number of rotatable bonds is 1. The van der Waals surface area contributed by atoms with Crippen LogP contribution in [0.2, 0.25) is 0 Å². The van der Waals surface area contributed by atoms with Crippen molar-refractivity contribution in [2.45, 2.75) is 6.92 Å². The number of hydrogen-bond acceptors (Lipinski definition) is 3. The number of hydrogen-bond donors (Lipinski definition) is 1. The minimum Gasteiger partial charge on any atom is -0.550 e. The smallest absolute Gasteiger partial charge is 0.550 e. The van der Waals surface area contributed by atoms with Crippen molar-refractivity contribution in [2.75, 3.05) is 0 Å². The van der Waals surface area contributed by atoms with Crippen molar-refractivity contribution in [1.29, 1.82) is 0 Å². The molecular formula is C7H9N2NaO2. The fourth-order valence-electron chi connectivity index (χ4n) is 0.389. The maximum Gasteiger partial charge on any atom is 1.00 e. The number of carbonyl (C=O) groups excluding carboxylic acids is 1. The third kappa shape index (κ3) is 9.42. The molecule has 1 rings (SSSR count). The maximum absolute atomic E-state index is 8.89. The predicted octanol–water partition coefficient (Wildman–Crippen LogP) is -3.19. The number of imidazole rings is 1. The molecule has 0 aliphatic carbocycles. The minimum absolute atomic E-state index is 0. The van der Waals surface area contributed by atoms with E-state index in [4.69, 9.17) is 9.90 Å². The molecule has 60 valence electrons. The zero-order valence-corrected chi connectivity index (χ0v) is 9.20. The fraction of sp³-hybridized carbons (Fsp3) is 0.143. The number of carboxylic acid groups (broad SMARTS) is 1. The zero-order chi connectivity index (χ0) is 8.69. The molecule has 1 N–H and O–H groups in total. The SMILES string of the molecule is C=Cc1ncc[nH]1.CC(=O)[O-].[Na+]. The molecule has 5 heteroatoms. The second-order valence-corrected chi connectivity index (χ2v) is 1.67. The Bertz CT molecular complexity index is 217. The summed E-state index contributed by atoms with van der Waals surface area (Å²) in [5.74, 6) is -0.264. The maximum atomic E-state index is 8.89. The first kappa shape index (κ1) is 14.0. The van der Waals surface area contributed by atoms with Gasteiger partial charge in [-0.1, -0.05) is 6.58 Å². The van der Waals surface area contributed by atoms with Crippen LogP contribution in [-0.2, 0) is 4.79 Å². The first-order valence-electron chi connectivity index (χ1n) is 2.96. The van der Waals surface area contributed by atoms with E-state index in [0.717, 1.165) is 12.7 Å². The van der Waals surface area contributed by atoms with Crippen molar-refractivity contribution in [3.05, 3.63) is 24.8 Å². The number of aromatic amines is 1. The van der Waals surface area contributed by atoms with Crippen LogP contribution < -0.4 is 34.7 Å². The van der Waals surface area contributed by atoms with E-state index in [1.807, 2.05) is 0 Å². The van der Waals surface area contributed by atoms with Gasteiger partial charge in [-0.3, -0.25) is 0 Å². The van der Waals surface area contributed by atoms with Crippen LogP contribution in [0.4, 0.5) is 0 Å². The molecule has 0 saturated carbocycles. The average molecular weight is 176 g/mol. The van der Waals surface area contributed by atoms with Gasteiger partial charge in [0.2, 0.25) is 0 Å². The van der Waals surface area contributed by atoms with Crippen LogP contribution in [0.15, 0.2) is 19.0 Å². The molecule has 0 aromatic carbocycles. The first-order valence-corrected chi connectivity index (χ1v) is 2.96. The van der Waals surface area contributed by atoms with Gasteiger partial charge in [-0.2, -0.15) is 0 Å². The van der Waals surface area contributed by atoms with E-state index < -0.39 is 5.97 Å². The van der Waals surface area contributed by atoms with Crippen molar-refractivity contribution in [2.24, 2.45) is 0 Å². The van der Waals surface area contributed by atoms with Crippen LogP contribution in [0.1, 0.15) is 12.7 Å². The number of nitrogens with one attached hydrogen (secondary N) is 1. The van der Waals surface area contributed by atoms with Gasteiger partial charge in [0.1, 0.15) is 5.82 Å². The molecule has 0 fully saturated rings. The van der Waals surface area contributed by atoms with Crippen molar-refractivity contribution >= 4 is 12.0 Å². The Morgan fingerprint density at radius 3 is 2.50 bits per heavy atom. The molecule has 0 saturated heterocycles. The average Bonchev–Trinajstić information content (AvgIpc) is 2.36. The molecule has 4 nitrogen and oxygen atoms in total. The predicted molar refractivity (Wildman–Crippen MR) is 39.4 cm³/mol. The van der Waals surface area contributed by atoms with E-state index in [0.29, 0.717) is 0 Å². The first-order chi connectivity index (χ1) is 5.16. The summed E-state index contributed by atoms with van der Waals surface area (Å²) in [5, 5.41) is 8.89. The Balaban J connectivity index is 0. The van der Waals surface area contributed by atoms with Gasteiger partial charge in [-0.25, -0.2) is 4.98 Å². The molecule has 0 radical (unpaired) electrons. The van der Waals surface area contributed by atoms with E-state index >= 15 is 0 Å². The van der Waals surface area contributed by atoms with Crippen LogP contribution in [0.5, 0.6) is 0 Å². The Labute approximate surface area is 93.0 Å². The number of H-pyrrole nitrogens is 1. The molecule has 0 atom stereocenters. The zero-order valence-electron chi connectivity index (χ0n) is 7.20. The van der Waals surface area contributed by atoms with E-state index in [9.17, 15) is 0 Å². The van der Waals surface area contributed by atoms with E-state index in [1.54, 1.807) is 18.5 Å². The molecular weight excluding hydrogens is 167 g/mol. The van der Waals surface area contributed by atoms with Gasteiger partial charge >= 0.3 is 29.6 Å². The molecule has 0 aliphatic heterocycles. The van der Waals surface area contributed by atoms with Crippen molar-refractivity contribution in [1.82, 2.24) is 9.97 Å². The molecule has 0 bridgehead atoms. The Kier molecular flexibility index (Phi) is 9.92. The summed E-state index contributed by atoms with van der Waals surface area (Å²) in [6.07, 6.45) is 5.12. The van der Waals surface area contributed by atoms with E-state index in [-0.39, 0.29) is 29.6 Å². The van der Waals surface area contributed by atoms with Crippen LogP contribution in [0.25, 0.3) is 6.08 Å². The Hall–Kier alpha value is -0.580. The normalized spacial score (nSPS) is 7.08. The van der Waals surface area contributed by atoms with Gasteiger partial charge in [0.25, 0.3) is 0 Å². The molecule has 0 unspecified atom stereocenters. The fourth-order valence-corrected chi connectivity index (χ4v) is 0.389. The minimum atomic E-state index is -1.08. The molecule has 12 heavy (non-hydrogen) atoms. The number of aliphatic carboxylic acids is 1. The molecule has 0 spiro atoms. The summed E-state index contributed by atoms with van der Waals surface area (Å²) in [4.78, 5) is 15.6. The quantitative estimate of drug-likeness (QED) is 0.458. The summed E-state index contributed by atoms with van der Waals surface area (Å²) < 4.78 is 0. The number of nitrogens with zero attached hydrogens (tertiary/aromatic N) is 1. The monoisotopic (exact) mass is 176 g/mol. The van der Waals surface area contributed by atoms with Crippen LogP contribution in [-0.4, -0.2) is 15.9 Å². The van der Waals surface area contributed by atoms with Gasteiger partial charge in [-0.15, -0.1) is 0 Å². The van der Waals surface area contributed by atoms with Crippen LogP contribution >= 0.6 is 0 Å². The third-order valence-corrected chi connectivity index (χ3v) is 0.713. The molecule has 1 heterocycles.